The van der Waals surface area contributed by atoms with E-state index in [-0.39, 0.29) is 51.7 Å². The monoisotopic (exact) mass is 602 g/mol. The zero-order chi connectivity index (χ0) is 36.3. The average molecular weight is 603 g/mol. The molecule has 0 bridgehead atoms. The Labute approximate surface area is 273 Å². The smallest absolute Gasteiger partial charge is 0.179 e. The first-order valence-corrected chi connectivity index (χ1v) is 16.7. The summed E-state index contributed by atoms with van der Waals surface area (Å²) in [5.74, 6) is -0.580. The van der Waals surface area contributed by atoms with E-state index in [0.717, 1.165) is 21.1 Å². The molecular weight excluding hydrogens is 566 g/mol. The first-order valence-electron chi connectivity index (χ1n) is 18.2. The van der Waals surface area contributed by atoms with Gasteiger partial charge in [-0.05, 0) is 62.2 Å². The molecule has 0 aliphatic carbocycles. The summed E-state index contributed by atoms with van der Waals surface area (Å²) in [6.45, 7) is 0. The topological polar surface area (TPSA) is 4.93 Å². The van der Waals surface area contributed by atoms with Crippen LogP contribution in [0.15, 0.2) is 182 Å². The Kier molecular flexibility index (Phi) is 5.09. The molecule has 0 amide bonds. The number of fused-ring (bicyclic) bond motifs is 3. The van der Waals surface area contributed by atoms with Crippen LogP contribution in [0.2, 0.25) is 0 Å². The third-order valence-electron chi connectivity index (χ3n) is 8.40. The normalized spacial score (nSPS) is 13.8. The number of nitrogens with zero attached hydrogens (tertiary/aromatic N) is 1. The first kappa shape index (κ1) is 20.4. The van der Waals surface area contributed by atoms with E-state index in [0.29, 0.717) is 10.8 Å². The van der Waals surface area contributed by atoms with Crippen molar-refractivity contribution in [2.24, 2.45) is 0 Å². The number of hydrogen-bond acceptors (Lipinski definition) is 0. The molecule has 0 radical (unpaired) electrons. The van der Waals surface area contributed by atoms with Gasteiger partial charge in [-0.3, -0.25) is 0 Å². The second-order valence-corrected chi connectivity index (χ2v) is 14.7. The van der Waals surface area contributed by atoms with Gasteiger partial charge in [0.05, 0.1) is 20.6 Å². The number of aromatic nitrogens is 1. The summed E-state index contributed by atoms with van der Waals surface area (Å²) in [5, 5.41) is 3.04. The maximum absolute atomic E-state index is 15.7. The maximum Gasteiger partial charge on any atom is 0.179 e. The van der Waals surface area contributed by atoms with Gasteiger partial charge in [-0.1, -0.05) is 152 Å². The fraction of sp³-hybridized carbons (Fsp3) is 0. The van der Waals surface area contributed by atoms with Crippen molar-refractivity contribution in [1.82, 2.24) is 4.57 Å². The Bertz CT molecular complexity index is 2550. The standard InChI is InChI=1S/C42H30FNSi/c43-33-27-32(31-15-5-1-6-16-31)28-34(29-33)44-41-24-14-13-23-39(41)40-26-25-38(30-42(40)44)45(35-17-7-2-8-18-35,36-19-9-3-10-20-36)37-21-11-4-12-22-37/h1-30H/i13D,14D,23D,24D,25D,26D,30D. The van der Waals surface area contributed by atoms with Gasteiger partial charge in [0, 0.05) is 16.5 Å². The Morgan fingerprint density at radius 3 is 1.62 bits per heavy atom. The Morgan fingerprint density at radius 1 is 0.489 bits per heavy atom. The third kappa shape index (κ3) is 4.52. The van der Waals surface area contributed by atoms with Crippen LogP contribution in [-0.4, -0.2) is 12.6 Å². The largest absolute Gasteiger partial charge is 0.309 e. The molecule has 1 aromatic heterocycles. The molecule has 0 saturated carbocycles. The highest BCUT2D eigenvalue weighted by Crippen LogP contribution is 2.34. The summed E-state index contributed by atoms with van der Waals surface area (Å²) >= 11 is 0. The first-order chi connectivity index (χ1) is 25.2. The van der Waals surface area contributed by atoms with Gasteiger partial charge in [-0.15, -0.1) is 0 Å². The molecule has 0 unspecified atom stereocenters. The molecule has 0 aliphatic heterocycles. The van der Waals surface area contributed by atoms with Crippen molar-refractivity contribution in [3.8, 4) is 16.8 Å². The van der Waals surface area contributed by atoms with Crippen molar-refractivity contribution < 1.29 is 14.0 Å². The molecule has 1 heterocycles. The zero-order valence-corrected chi connectivity index (χ0v) is 25.1. The number of para-hydroxylation sites is 1. The molecule has 0 fully saturated rings. The molecule has 0 saturated heterocycles. The van der Waals surface area contributed by atoms with E-state index < -0.39 is 32.0 Å². The van der Waals surface area contributed by atoms with Crippen molar-refractivity contribution in [2.45, 2.75) is 0 Å². The Morgan fingerprint density at radius 2 is 1.02 bits per heavy atom. The van der Waals surface area contributed by atoms with Gasteiger partial charge in [-0.2, -0.15) is 0 Å². The van der Waals surface area contributed by atoms with Gasteiger partial charge in [0.25, 0.3) is 0 Å². The summed E-state index contributed by atoms with van der Waals surface area (Å²) < 4.78 is 82.3. The van der Waals surface area contributed by atoms with Crippen LogP contribution < -0.4 is 20.7 Å². The lowest BCUT2D eigenvalue weighted by atomic mass is 10.0. The van der Waals surface area contributed by atoms with E-state index in [1.165, 1.54) is 16.7 Å². The summed E-state index contributed by atoms with van der Waals surface area (Å²) in [4.78, 5) is 0. The molecule has 0 aliphatic rings. The molecule has 0 atom stereocenters. The predicted molar refractivity (Wildman–Crippen MR) is 190 cm³/mol. The molecular formula is C42H30FNSi. The Balaban J connectivity index is 1.63. The lowest BCUT2D eigenvalue weighted by Gasteiger charge is -2.34. The maximum atomic E-state index is 15.7. The summed E-state index contributed by atoms with van der Waals surface area (Å²) in [5.41, 5.74) is 1.61. The fourth-order valence-electron chi connectivity index (χ4n) is 6.45. The van der Waals surface area contributed by atoms with Crippen molar-refractivity contribution in [1.29, 1.82) is 0 Å². The molecule has 214 valence electrons. The van der Waals surface area contributed by atoms with Crippen LogP contribution in [0, 0.1) is 5.82 Å². The van der Waals surface area contributed by atoms with Crippen molar-refractivity contribution in [3.63, 3.8) is 0 Å². The van der Waals surface area contributed by atoms with Crippen LogP contribution in [-0.2, 0) is 0 Å². The van der Waals surface area contributed by atoms with Crippen LogP contribution in [0.1, 0.15) is 9.60 Å². The van der Waals surface area contributed by atoms with Crippen molar-refractivity contribution in [3.05, 3.63) is 188 Å². The minimum absolute atomic E-state index is 0.00978. The second-order valence-electron chi connectivity index (χ2n) is 10.9. The SMILES string of the molecule is [2H]c1c([2H])c([2H])c2c(c1[2H])c1c([2H])c([2H])c([Si](c3ccccc3)(c3ccccc3)c3ccccc3)c([2H])c1n2-c1cc(F)cc(-c2ccccc2)c1. The number of halogens is 1. The van der Waals surface area contributed by atoms with Gasteiger partial charge in [0.1, 0.15) is 5.82 Å². The van der Waals surface area contributed by atoms with E-state index in [1.54, 1.807) is 6.07 Å². The molecule has 8 rings (SSSR count). The van der Waals surface area contributed by atoms with Crippen LogP contribution >= 0.6 is 0 Å². The Hall–Kier alpha value is -5.51. The number of hydrogen-bond donors (Lipinski definition) is 0. The number of rotatable bonds is 6. The van der Waals surface area contributed by atoms with E-state index in [9.17, 15) is 4.11 Å². The number of benzene rings is 7. The molecule has 0 spiro atoms. The molecule has 0 N–H and O–H groups in total. The molecule has 7 aromatic carbocycles. The van der Waals surface area contributed by atoms with E-state index in [4.69, 9.17) is 5.48 Å². The average Bonchev–Trinajstić information content (AvgIpc) is 3.55. The van der Waals surface area contributed by atoms with E-state index in [2.05, 4.69) is 0 Å². The predicted octanol–water partition coefficient (Wildman–Crippen LogP) is 7.97. The molecule has 45 heavy (non-hydrogen) atoms. The summed E-state index contributed by atoms with van der Waals surface area (Å²) in [6, 6.07) is 40.6. The fourth-order valence-corrected chi connectivity index (χ4v) is 11.0. The molecule has 3 heteroatoms. The van der Waals surface area contributed by atoms with Crippen molar-refractivity contribution >= 4 is 50.6 Å². The highest BCUT2D eigenvalue weighted by Gasteiger charge is 2.41. The van der Waals surface area contributed by atoms with Gasteiger partial charge in [0.15, 0.2) is 8.07 Å². The van der Waals surface area contributed by atoms with Gasteiger partial charge in [-0.25, -0.2) is 4.39 Å². The van der Waals surface area contributed by atoms with Gasteiger partial charge < -0.3 is 4.57 Å². The van der Waals surface area contributed by atoms with Gasteiger partial charge >= 0.3 is 0 Å². The lowest BCUT2D eigenvalue weighted by Crippen LogP contribution is -2.74. The molecule has 1 nitrogen and oxygen atoms in total. The highest BCUT2D eigenvalue weighted by atomic mass is 28.3. The quantitative estimate of drug-likeness (QED) is 0.134. The zero-order valence-electron chi connectivity index (χ0n) is 31.1. The third-order valence-corrected chi connectivity index (χ3v) is 13.0. The van der Waals surface area contributed by atoms with Crippen molar-refractivity contribution in [2.75, 3.05) is 0 Å². The highest BCUT2D eigenvalue weighted by molar-refractivity contribution is 7.20. The van der Waals surface area contributed by atoms with E-state index >= 15 is 4.39 Å². The summed E-state index contributed by atoms with van der Waals surface area (Å²) in [7, 11) is -3.58. The van der Waals surface area contributed by atoms with E-state index in [1.807, 2.05) is 121 Å². The van der Waals surface area contributed by atoms with Crippen LogP contribution in [0.4, 0.5) is 4.39 Å². The van der Waals surface area contributed by atoms with Gasteiger partial charge in [0.2, 0.25) is 0 Å². The minimum atomic E-state index is -3.58. The van der Waals surface area contributed by atoms with Crippen LogP contribution in [0.3, 0.4) is 0 Å². The lowest BCUT2D eigenvalue weighted by molar-refractivity contribution is 0.627. The molecule has 8 aromatic rings. The minimum Gasteiger partial charge on any atom is -0.309 e. The van der Waals surface area contributed by atoms with Crippen LogP contribution in [0.25, 0.3) is 38.6 Å². The second kappa shape index (κ2) is 11.2. The van der Waals surface area contributed by atoms with Crippen LogP contribution in [0.5, 0.6) is 0 Å². The summed E-state index contributed by atoms with van der Waals surface area (Å²) in [6.07, 6.45) is 0.